The second-order valence-corrected chi connectivity index (χ2v) is 8.72. The molecule has 0 aromatic carbocycles. The smallest absolute Gasteiger partial charge is 0.323 e. The van der Waals surface area contributed by atoms with Gasteiger partial charge < -0.3 is 5.32 Å². The lowest BCUT2D eigenvalue weighted by Gasteiger charge is -2.44. The van der Waals surface area contributed by atoms with E-state index in [0.29, 0.717) is 12.2 Å². The van der Waals surface area contributed by atoms with E-state index >= 15 is 0 Å². The average Bonchev–Trinajstić information content (AvgIpc) is 3.05. The number of anilines is 1. The van der Waals surface area contributed by atoms with Crippen molar-refractivity contribution in [2.45, 2.75) is 51.5 Å². The zero-order chi connectivity index (χ0) is 20.6. The highest BCUT2D eigenvalue weighted by Crippen LogP contribution is 2.51. The topological polar surface area (TPSA) is 108 Å². The van der Waals surface area contributed by atoms with Crippen molar-refractivity contribution in [1.29, 1.82) is 5.26 Å². The van der Waals surface area contributed by atoms with Crippen molar-refractivity contribution in [2.75, 3.05) is 4.90 Å². The van der Waals surface area contributed by atoms with E-state index in [4.69, 9.17) is 0 Å². The molecule has 1 saturated heterocycles. The lowest BCUT2D eigenvalue weighted by atomic mass is 9.58. The first kappa shape index (κ1) is 18.4. The van der Waals surface area contributed by atoms with Gasteiger partial charge in [0.05, 0.1) is 11.3 Å². The molecule has 8 heteroatoms. The summed E-state index contributed by atoms with van der Waals surface area (Å²) in [6.45, 7) is 7.19. The third kappa shape index (κ3) is 2.16. The number of amides is 3. The summed E-state index contributed by atoms with van der Waals surface area (Å²) in [7, 11) is 1.71. The van der Waals surface area contributed by atoms with Gasteiger partial charge in [-0.3, -0.25) is 14.3 Å². The van der Waals surface area contributed by atoms with E-state index < -0.39 is 17.0 Å². The summed E-state index contributed by atoms with van der Waals surface area (Å²) in [6, 6.07) is 1.56. The van der Waals surface area contributed by atoms with E-state index in [1.807, 2.05) is 19.9 Å². The molecule has 8 nitrogen and oxygen atoms in total. The van der Waals surface area contributed by atoms with Crippen LogP contribution in [0.2, 0.25) is 0 Å². The number of fused-ring (bicyclic) bond motifs is 3. The molecule has 3 amide bonds. The minimum absolute atomic E-state index is 0.0203. The predicted molar refractivity (Wildman–Crippen MR) is 100 cm³/mol. The van der Waals surface area contributed by atoms with Crippen LogP contribution in [0, 0.1) is 23.2 Å². The van der Waals surface area contributed by atoms with E-state index in [0.717, 1.165) is 17.7 Å². The lowest BCUT2D eigenvalue weighted by molar-refractivity contribution is -0.122. The van der Waals surface area contributed by atoms with E-state index in [2.05, 4.69) is 10.4 Å². The molecule has 3 atom stereocenters. The Morgan fingerprint density at radius 2 is 1.96 bits per heavy atom. The number of nitriles is 1. The number of urea groups is 1. The minimum Gasteiger partial charge on any atom is -0.323 e. The number of aryl methyl sites for hydroxylation is 1. The molecule has 2 aliphatic carbocycles. The molecule has 0 saturated carbocycles. The number of carbonyl (C=O) groups is 3. The summed E-state index contributed by atoms with van der Waals surface area (Å²) in [5.74, 6) is -0.235. The molecule has 4 rings (SSSR count). The molecular weight excluding hydrogens is 358 g/mol. The highest BCUT2D eigenvalue weighted by molar-refractivity contribution is 6.23. The van der Waals surface area contributed by atoms with Crippen molar-refractivity contribution >= 4 is 23.5 Å². The summed E-state index contributed by atoms with van der Waals surface area (Å²) in [4.78, 5) is 39.0. The highest BCUT2D eigenvalue weighted by Gasteiger charge is 2.53. The summed E-state index contributed by atoms with van der Waals surface area (Å²) in [6.07, 6.45) is 3.06. The standard InChI is InChI=1S/C20H23N5O3/c1-10-13-7-6-12-15(20(13,4)8-11(9-21)14(10)26)23-24(5)16(12)25-17(27)19(2,3)22-18(25)28/h8,10,13H,6-7H2,1-5H3,(H,22,28)/t10-,13-,20-/m0/s1. The Bertz CT molecular complexity index is 1010. The molecule has 0 bridgehead atoms. The second-order valence-electron chi connectivity index (χ2n) is 8.72. The maximum atomic E-state index is 12.8. The van der Waals surface area contributed by atoms with Crippen LogP contribution in [0.1, 0.15) is 45.4 Å². The van der Waals surface area contributed by atoms with Gasteiger partial charge in [-0.2, -0.15) is 10.4 Å². The minimum atomic E-state index is -0.977. The van der Waals surface area contributed by atoms with Gasteiger partial charge in [-0.05, 0) is 32.6 Å². The van der Waals surface area contributed by atoms with Gasteiger partial charge in [0.15, 0.2) is 5.78 Å². The normalized spacial score (nSPS) is 31.1. The van der Waals surface area contributed by atoms with Crippen LogP contribution in [0.25, 0.3) is 0 Å². The van der Waals surface area contributed by atoms with Crippen LogP contribution in [-0.2, 0) is 28.5 Å². The van der Waals surface area contributed by atoms with Crippen molar-refractivity contribution in [2.24, 2.45) is 18.9 Å². The number of nitrogens with one attached hydrogen (secondary N) is 1. The third-order valence-electron chi connectivity index (χ3n) is 6.52. The van der Waals surface area contributed by atoms with Gasteiger partial charge in [0.25, 0.3) is 5.91 Å². The number of hydrogen-bond acceptors (Lipinski definition) is 5. The Balaban J connectivity index is 1.90. The largest absolute Gasteiger partial charge is 0.330 e. The lowest BCUT2D eigenvalue weighted by Crippen LogP contribution is -2.45. The molecule has 1 aromatic heterocycles. The van der Waals surface area contributed by atoms with Crippen LogP contribution in [0.15, 0.2) is 11.6 Å². The van der Waals surface area contributed by atoms with E-state index in [9.17, 15) is 19.6 Å². The van der Waals surface area contributed by atoms with Gasteiger partial charge in [-0.15, -0.1) is 0 Å². The molecular formula is C20H23N5O3. The first-order valence-electron chi connectivity index (χ1n) is 9.43. The fourth-order valence-corrected chi connectivity index (χ4v) is 5.05. The van der Waals surface area contributed by atoms with Gasteiger partial charge >= 0.3 is 6.03 Å². The van der Waals surface area contributed by atoms with Crippen molar-refractivity contribution in [3.63, 3.8) is 0 Å². The molecule has 0 spiro atoms. The molecule has 1 aromatic rings. The molecule has 1 aliphatic heterocycles. The number of ketones is 1. The number of allylic oxidation sites excluding steroid dienone is 2. The van der Waals surface area contributed by atoms with Crippen LogP contribution in [-0.4, -0.2) is 33.0 Å². The fraction of sp³-hybridized carbons (Fsp3) is 0.550. The maximum Gasteiger partial charge on any atom is 0.330 e. The van der Waals surface area contributed by atoms with E-state index in [-0.39, 0.29) is 29.1 Å². The Morgan fingerprint density at radius 1 is 1.29 bits per heavy atom. The molecule has 1 N–H and O–H groups in total. The van der Waals surface area contributed by atoms with Crippen molar-refractivity contribution < 1.29 is 14.4 Å². The monoisotopic (exact) mass is 381 g/mol. The number of aromatic nitrogens is 2. The van der Waals surface area contributed by atoms with Gasteiger partial charge in [-0.25, -0.2) is 9.69 Å². The number of imide groups is 1. The molecule has 0 unspecified atom stereocenters. The van der Waals surface area contributed by atoms with Crippen LogP contribution in [0.5, 0.6) is 0 Å². The first-order valence-corrected chi connectivity index (χ1v) is 9.43. The molecule has 0 radical (unpaired) electrons. The van der Waals surface area contributed by atoms with E-state index in [1.165, 1.54) is 4.90 Å². The van der Waals surface area contributed by atoms with Crippen molar-refractivity contribution in [1.82, 2.24) is 15.1 Å². The predicted octanol–water partition coefficient (Wildman–Crippen LogP) is 1.74. The molecule has 146 valence electrons. The van der Waals surface area contributed by atoms with Gasteiger partial charge in [0, 0.05) is 23.9 Å². The second kappa shape index (κ2) is 5.53. The molecule has 1 fully saturated rings. The number of hydrogen-bond donors (Lipinski definition) is 1. The molecule has 2 heterocycles. The molecule has 28 heavy (non-hydrogen) atoms. The van der Waals surface area contributed by atoms with Gasteiger partial charge in [-0.1, -0.05) is 19.9 Å². The Hall–Kier alpha value is -2.95. The average molecular weight is 381 g/mol. The Kier molecular flexibility index (Phi) is 3.64. The number of carbonyl (C=O) groups excluding carboxylic acids is 3. The van der Waals surface area contributed by atoms with Crippen LogP contribution >= 0.6 is 0 Å². The quantitative estimate of drug-likeness (QED) is 0.746. The maximum absolute atomic E-state index is 12.8. The third-order valence-corrected chi connectivity index (χ3v) is 6.52. The fourth-order valence-electron chi connectivity index (χ4n) is 5.05. The van der Waals surface area contributed by atoms with Gasteiger partial charge in [0.1, 0.15) is 17.4 Å². The van der Waals surface area contributed by atoms with Crippen molar-refractivity contribution in [3.8, 4) is 6.07 Å². The zero-order valence-electron chi connectivity index (χ0n) is 16.7. The Labute approximate surface area is 163 Å². The van der Waals surface area contributed by atoms with E-state index in [1.54, 1.807) is 31.7 Å². The van der Waals surface area contributed by atoms with Crippen LogP contribution in [0.3, 0.4) is 0 Å². The number of rotatable bonds is 1. The van der Waals surface area contributed by atoms with Crippen LogP contribution in [0.4, 0.5) is 10.6 Å². The number of nitrogens with zero attached hydrogens (tertiary/aromatic N) is 4. The summed E-state index contributed by atoms with van der Waals surface area (Å²) >= 11 is 0. The number of Topliss-reactive ketones (excluding diaryl/α,β-unsaturated/α-hetero) is 1. The summed E-state index contributed by atoms with van der Waals surface area (Å²) < 4.78 is 1.57. The summed E-state index contributed by atoms with van der Waals surface area (Å²) in [5, 5.41) is 16.8. The van der Waals surface area contributed by atoms with Gasteiger partial charge in [0.2, 0.25) is 0 Å². The van der Waals surface area contributed by atoms with Crippen LogP contribution < -0.4 is 10.2 Å². The highest BCUT2D eigenvalue weighted by atomic mass is 16.2. The molecule has 3 aliphatic rings. The van der Waals surface area contributed by atoms with Crippen molar-refractivity contribution in [3.05, 3.63) is 22.9 Å². The summed E-state index contributed by atoms with van der Waals surface area (Å²) in [5.41, 5.74) is 0.143. The first-order chi connectivity index (χ1) is 13.0. The SMILES string of the molecule is C[C@@H]1C(=O)C(C#N)=C[C@]2(C)c3nn(C)c(N4C(=O)NC(C)(C)C4=O)c3CC[C@@H]12. The zero-order valence-corrected chi connectivity index (χ0v) is 16.7. The Morgan fingerprint density at radius 3 is 2.54 bits per heavy atom.